The van der Waals surface area contributed by atoms with E-state index >= 15 is 0 Å². The molecule has 2 heterocycles. The van der Waals surface area contributed by atoms with Gasteiger partial charge in [0.2, 0.25) is 0 Å². The molecule has 0 aliphatic carbocycles. The first kappa shape index (κ1) is 16.8. The summed E-state index contributed by atoms with van der Waals surface area (Å²) in [6, 6.07) is 16.4. The summed E-state index contributed by atoms with van der Waals surface area (Å²) in [5, 5.41) is 0.760. The molecule has 0 radical (unpaired) electrons. The van der Waals surface area contributed by atoms with E-state index in [0.717, 1.165) is 36.9 Å². The van der Waals surface area contributed by atoms with Gasteiger partial charge >= 0.3 is 0 Å². The first-order chi connectivity index (χ1) is 12.7. The SMILES string of the molecule is O=C1N=C(N2CCN(c3ccccc3)CC2)S/C1=C\c1ccc(F)cc1. The van der Waals surface area contributed by atoms with Gasteiger partial charge in [-0.25, -0.2) is 4.39 Å². The zero-order chi connectivity index (χ0) is 17.9. The maximum absolute atomic E-state index is 13.0. The molecule has 2 aliphatic rings. The Kier molecular flexibility index (Phi) is 4.75. The summed E-state index contributed by atoms with van der Waals surface area (Å²) in [6.45, 7) is 3.46. The molecular formula is C20H18FN3OS. The van der Waals surface area contributed by atoms with E-state index in [0.29, 0.717) is 4.91 Å². The Morgan fingerprint density at radius 2 is 1.58 bits per heavy atom. The second-order valence-corrected chi connectivity index (χ2v) is 7.18. The molecular weight excluding hydrogens is 349 g/mol. The second kappa shape index (κ2) is 7.33. The predicted molar refractivity (Wildman–Crippen MR) is 105 cm³/mol. The number of rotatable bonds is 2. The predicted octanol–water partition coefficient (Wildman–Crippen LogP) is 3.62. The number of amidine groups is 1. The number of anilines is 1. The molecule has 0 N–H and O–H groups in total. The van der Waals surface area contributed by atoms with Gasteiger partial charge in [-0.2, -0.15) is 4.99 Å². The zero-order valence-corrected chi connectivity index (χ0v) is 15.0. The number of hydrogen-bond donors (Lipinski definition) is 0. The van der Waals surface area contributed by atoms with Crippen molar-refractivity contribution in [2.45, 2.75) is 0 Å². The van der Waals surface area contributed by atoms with Gasteiger partial charge in [0, 0.05) is 31.9 Å². The molecule has 2 aliphatic heterocycles. The number of piperazine rings is 1. The van der Waals surface area contributed by atoms with Gasteiger partial charge in [0.05, 0.1) is 4.91 Å². The summed E-state index contributed by atoms with van der Waals surface area (Å²) in [7, 11) is 0. The summed E-state index contributed by atoms with van der Waals surface area (Å²) >= 11 is 1.40. The van der Waals surface area contributed by atoms with Gasteiger partial charge < -0.3 is 9.80 Å². The average Bonchev–Trinajstić information content (AvgIpc) is 3.05. The van der Waals surface area contributed by atoms with Crippen molar-refractivity contribution < 1.29 is 9.18 Å². The maximum atomic E-state index is 13.0. The third kappa shape index (κ3) is 3.65. The summed E-state index contributed by atoms with van der Waals surface area (Å²) < 4.78 is 13.0. The molecule has 4 nitrogen and oxygen atoms in total. The highest BCUT2D eigenvalue weighted by Gasteiger charge is 2.28. The summed E-state index contributed by atoms with van der Waals surface area (Å²) in [5.74, 6) is -0.509. The largest absolute Gasteiger partial charge is 0.368 e. The van der Waals surface area contributed by atoms with Crippen LogP contribution in [0.25, 0.3) is 6.08 Å². The van der Waals surface area contributed by atoms with Crippen molar-refractivity contribution >= 4 is 34.6 Å². The smallest absolute Gasteiger partial charge is 0.286 e. The molecule has 132 valence electrons. The van der Waals surface area contributed by atoms with Crippen LogP contribution >= 0.6 is 11.8 Å². The van der Waals surface area contributed by atoms with Crippen LogP contribution in [0.3, 0.4) is 0 Å². The molecule has 1 fully saturated rings. The van der Waals surface area contributed by atoms with E-state index in [9.17, 15) is 9.18 Å². The number of carbonyl (C=O) groups excluding carboxylic acids is 1. The maximum Gasteiger partial charge on any atom is 0.286 e. The lowest BCUT2D eigenvalue weighted by Gasteiger charge is -2.36. The molecule has 4 rings (SSSR count). The minimum Gasteiger partial charge on any atom is -0.368 e. The van der Waals surface area contributed by atoms with Crippen molar-refractivity contribution in [3.05, 3.63) is 70.9 Å². The van der Waals surface area contributed by atoms with Crippen molar-refractivity contribution in [1.82, 2.24) is 4.90 Å². The lowest BCUT2D eigenvalue weighted by molar-refractivity contribution is -0.113. The number of nitrogens with zero attached hydrogens (tertiary/aromatic N) is 3. The Hall–Kier alpha value is -2.60. The molecule has 1 amide bonds. The van der Waals surface area contributed by atoms with E-state index in [-0.39, 0.29) is 11.7 Å². The van der Waals surface area contributed by atoms with Crippen molar-refractivity contribution in [3.63, 3.8) is 0 Å². The Morgan fingerprint density at radius 3 is 2.27 bits per heavy atom. The second-order valence-electron chi connectivity index (χ2n) is 6.17. The minimum atomic E-state index is -0.286. The van der Waals surface area contributed by atoms with Gasteiger partial charge in [0.15, 0.2) is 5.17 Å². The summed E-state index contributed by atoms with van der Waals surface area (Å²) in [5.41, 5.74) is 2.02. The average molecular weight is 367 g/mol. The van der Waals surface area contributed by atoms with Crippen LogP contribution in [0, 0.1) is 5.82 Å². The molecule has 0 saturated carbocycles. The lowest BCUT2D eigenvalue weighted by Crippen LogP contribution is -2.47. The van der Waals surface area contributed by atoms with Crippen molar-refractivity contribution in [1.29, 1.82) is 0 Å². The van der Waals surface area contributed by atoms with Crippen molar-refractivity contribution in [2.24, 2.45) is 4.99 Å². The molecule has 26 heavy (non-hydrogen) atoms. The Morgan fingerprint density at radius 1 is 0.923 bits per heavy atom. The summed E-state index contributed by atoms with van der Waals surface area (Å²) in [4.78, 5) is 21.5. The van der Waals surface area contributed by atoms with Crippen LogP contribution in [-0.2, 0) is 4.79 Å². The molecule has 0 unspecified atom stereocenters. The van der Waals surface area contributed by atoms with E-state index in [2.05, 4.69) is 26.9 Å². The molecule has 0 bridgehead atoms. The monoisotopic (exact) mass is 367 g/mol. The van der Waals surface area contributed by atoms with Crippen LogP contribution in [0.4, 0.5) is 10.1 Å². The van der Waals surface area contributed by atoms with Crippen molar-refractivity contribution in [2.75, 3.05) is 31.1 Å². The first-order valence-electron chi connectivity index (χ1n) is 8.52. The fourth-order valence-electron chi connectivity index (χ4n) is 3.04. The normalized spacial score (nSPS) is 19.2. The highest BCUT2D eigenvalue weighted by atomic mass is 32.2. The van der Waals surface area contributed by atoms with E-state index in [4.69, 9.17) is 0 Å². The van der Waals surface area contributed by atoms with Crippen LogP contribution in [0.5, 0.6) is 0 Å². The topological polar surface area (TPSA) is 35.9 Å². The number of carbonyl (C=O) groups is 1. The number of hydrogen-bond acceptors (Lipinski definition) is 4. The number of halogens is 1. The van der Waals surface area contributed by atoms with Gasteiger partial charge in [-0.1, -0.05) is 30.3 Å². The van der Waals surface area contributed by atoms with Gasteiger partial charge in [0.1, 0.15) is 5.82 Å². The molecule has 0 aromatic heterocycles. The Bertz CT molecular complexity index is 856. The standard InChI is InChI=1S/C20H18FN3OS/c21-16-8-6-15(7-9-16)14-18-19(25)22-20(26-18)24-12-10-23(11-13-24)17-4-2-1-3-5-17/h1-9,14H,10-13H2/b18-14-. The van der Waals surface area contributed by atoms with Crippen LogP contribution < -0.4 is 4.90 Å². The van der Waals surface area contributed by atoms with Gasteiger partial charge in [0.25, 0.3) is 5.91 Å². The summed E-state index contributed by atoms with van der Waals surface area (Å²) in [6.07, 6.45) is 1.77. The van der Waals surface area contributed by atoms with Crippen molar-refractivity contribution in [3.8, 4) is 0 Å². The Labute approximate surface area is 156 Å². The minimum absolute atomic E-state index is 0.222. The molecule has 2 aromatic carbocycles. The third-order valence-corrected chi connectivity index (χ3v) is 5.49. The highest BCUT2D eigenvalue weighted by molar-refractivity contribution is 8.18. The van der Waals surface area contributed by atoms with Gasteiger partial charge in [-0.05, 0) is 47.7 Å². The molecule has 1 saturated heterocycles. The van der Waals surface area contributed by atoms with Crippen LogP contribution in [-0.4, -0.2) is 42.2 Å². The lowest BCUT2D eigenvalue weighted by atomic mass is 10.2. The van der Waals surface area contributed by atoms with Crippen LogP contribution in [0.2, 0.25) is 0 Å². The molecule has 0 atom stereocenters. The number of benzene rings is 2. The number of aliphatic imine (C=N–C) groups is 1. The number of para-hydroxylation sites is 1. The Balaban J connectivity index is 1.40. The number of thioether (sulfide) groups is 1. The first-order valence-corrected chi connectivity index (χ1v) is 9.34. The fourth-order valence-corrected chi connectivity index (χ4v) is 4.00. The van der Waals surface area contributed by atoms with Crippen LogP contribution in [0.15, 0.2) is 64.5 Å². The van der Waals surface area contributed by atoms with Crippen LogP contribution in [0.1, 0.15) is 5.56 Å². The zero-order valence-electron chi connectivity index (χ0n) is 14.1. The fraction of sp³-hybridized carbons (Fsp3) is 0.200. The molecule has 2 aromatic rings. The van der Waals surface area contributed by atoms with E-state index in [1.54, 1.807) is 18.2 Å². The van der Waals surface area contributed by atoms with E-state index in [1.165, 1.54) is 29.6 Å². The number of amides is 1. The quantitative estimate of drug-likeness (QED) is 0.760. The van der Waals surface area contributed by atoms with E-state index < -0.39 is 0 Å². The van der Waals surface area contributed by atoms with Gasteiger partial charge in [-0.15, -0.1) is 0 Å². The third-order valence-electron chi connectivity index (χ3n) is 4.45. The molecule has 6 heteroatoms. The van der Waals surface area contributed by atoms with E-state index in [1.807, 2.05) is 18.2 Å². The highest BCUT2D eigenvalue weighted by Crippen LogP contribution is 2.31. The molecule has 0 spiro atoms. The van der Waals surface area contributed by atoms with Gasteiger partial charge in [-0.3, -0.25) is 4.79 Å².